The molecule has 1 aromatic carbocycles. The normalized spacial score (nSPS) is 17.5. The maximum Gasteiger partial charge on any atom is 0.293 e. The van der Waals surface area contributed by atoms with E-state index < -0.39 is 0 Å². The van der Waals surface area contributed by atoms with Gasteiger partial charge in [-0.2, -0.15) is 4.98 Å². The van der Waals surface area contributed by atoms with Gasteiger partial charge in [-0.3, -0.25) is 9.59 Å². The predicted molar refractivity (Wildman–Crippen MR) is 160 cm³/mol. The molecule has 2 saturated heterocycles. The van der Waals surface area contributed by atoms with Gasteiger partial charge in [-0.25, -0.2) is 4.98 Å². The molecule has 2 fully saturated rings. The minimum absolute atomic E-state index is 0.0598. The fourth-order valence-corrected chi connectivity index (χ4v) is 5.92. The first kappa shape index (κ1) is 28.4. The van der Waals surface area contributed by atoms with E-state index in [9.17, 15) is 9.59 Å². The maximum absolute atomic E-state index is 13.1. The van der Waals surface area contributed by atoms with Crippen molar-refractivity contribution in [2.24, 2.45) is 5.41 Å². The molecule has 9 nitrogen and oxygen atoms in total. The molecule has 0 amide bonds. The van der Waals surface area contributed by atoms with E-state index in [1.165, 1.54) is 25.9 Å². The number of piperidine rings is 2. The number of Topliss-reactive ketones (excluding diaryl/α,β-unsaturated/α-hetero) is 1. The molecule has 5 rings (SSSR count). The van der Waals surface area contributed by atoms with Crippen LogP contribution in [0.2, 0.25) is 5.02 Å². The van der Waals surface area contributed by atoms with Gasteiger partial charge in [-0.15, -0.1) is 0 Å². The van der Waals surface area contributed by atoms with Crippen molar-refractivity contribution in [1.82, 2.24) is 19.4 Å². The zero-order valence-corrected chi connectivity index (χ0v) is 24.6. The van der Waals surface area contributed by atoms with Gasteiger partial charge in [-0.05, 0) is 89.3 Å². The lowest BCUT2D eigenvalue weighted by molar-refractivity contribution is -0.120. The number of pyridine rings is 1. The summed E-state index contributed by atoms with van der Waals surface area (Å²) < 4.78 is 7.33. The number of carbonyl (C=O) groups excluding carboxylic acids is 1. The van der Waals surface area contributed by atoms with Gasteiger partial charge in [0.15, 0.2) is 17.4 Å². The summed E-state index contributed by atoms with van der Waals surface area (Å²) in [4.78, 5) is 39.0. The van der Waals surface area contributed by atoms with Crippen LogP contribution in [0.4, 0.5) is 17.5 Å². The van der Waals surface area contributed by atoms with Gasteiger partial charge in [0.05, 0.1) is 11.7 Å². The zero-order valence-electron chi connectivity index (χ0n) is 23.9. The summed E-state index contributed by atoms with van der Waals surface area (Å²) in [6.45, 7) is 9.78. The van der Waals surface area contributed by atoms with Crippen LogP contribution in [0, 0.1) is 5.41 Å². The lowest BCUT2D eigenvalue weighted by Gasteiger charge is -2.46. The monoisotopic (exact) mass is 566 g/mol. The summed E-state index contributed by atoms with van der Waals surface area (Å²) in [6.07, 6.45) is 6.86. The number of halogens is 1. The number of hydrogen-bond donors (Lipinski definition) is 1. The Morgan fingerprint density at radius 3 is 2.50 bits per heavy atom. The fraction of sp³-hybridized carbons (Fsp3) is 0.533. The highest BCUT2D eigenvalue weighted by Gasteiger charge is 2.37. The molecule has 0 unspecified atom stereocenters. The molecule has 10 heteroatoms. The Morgan fingerprint density at radius 1 is 1.12 bits per heavy atom. The van der Waals surface area contributed by atoms with Crippen LogP contribution in [0.1, 0.15) is 58.9 Å². The molecule has 3 aromatic rings. The molecule has 1 spiro atoms. The Bertz CT molecular complexity index is 1440. The van der Waals surface area contributed by atoms with Crippen molar-refractivity contribution < 1.29 is 9.53 Å². The SMILES string of the molecule is CCC(=O)COc1cc2cc(Nc3nc(N4CCC5(CCN(C)CC5)CC4)ncc3Cl)ccc2n(C(C)C)c1=O. The van der Waals surface area contributed by atoms with Crippen molar-refractivity contribution in [1.29, 1.82) is 0 Å². The minimum atomic E-state index is -0.251. The first-order valence-corrected chi connectivity index (χ1v) is 14.6. The number of likely N-dealkylation sites (tertiary alicyclic amines) is 1. The molecule has 0 atom stereocenters. The highest BCUT2D eigenvalue weighted by molar-refractivity contribution is 6.32. The van der Waals surface area contributed by atoms with Crippen LogP contribution in [0.25, 0.3) is 10.9 Å². The number of nitrogens with zero attached hydrogens (tertiary/aromatic N) is 5. The molecule has 2 aliphatic rings. The van der Waals surface area contributed by atoms with Crippen LogP contribution >= 0.6 is 11.6 Å². The van der Waals surface area contributed by atoms with Crippen LogP contribution < -0.4 is 20.5 Å². The third-order valence-corrected chi connectivity index (χ3v) is 8.73. The average molecular weight is 567 g/mol. The summed E-state index contributed by atoms with van der Waals surface area (Å²) in [6, 6.07) is 7.36. The van der Waals surface area contributed by atoms with Crippen LogP contribution in [0.5, 0.6) is 5.75 Å². The first-order valence-electron chi connectivity index (χ1n) is 14.2. The van der Waals surface area contributed by atoms with E-state index in [2.05, 4.69) is 27.1 Å². The van der Waals surface area contributed by atoms with Gasteiger partial charge in [0.1, 0.15) is 11.6 Å². The number of ether oxygens (including phenoxy) is 1. The molecule has 0 aliphatic carbocycles. The summed E-state index contributed by atoms with van der Waals surface area (Å²) in [5, 5.41) is 4.59. The van der Waals surface area contributed by atoms with E-state index in [4.69, 9.17) is 21.3 Å². The number of nitrogens with one attached hydrogen (secondary N) is 1. The quantitative estimate of drug-likeness (QED) is 0.385. The van der Waals surface area contributed by atoms with E-state index in [1.54, 1.807) is 23.8 Å². The van der Waals surface area contributed by atoms with E-state index in [0.717, 1.165) is 42.5 Å². The van der Waals surface area contributed by atoms with Gasteiger partial charge in [0, 0.05) is 36.6 Å². The van der Waals surface area contributed by atoms with Gasteiger partial charge in [0.25, 0.3) is 5.56 Å². The minimum Gasteiger partial charge on any atom is -0.480 e. The molecule has 214 valence electrons. The van der Waals surface area contributed by atoms with Crippen molar-refractivity contribution in [3.05, 3.63) is 45.8 Å². The second-order valence-electron chi connectivity index (χ2n) is 11.5. The molecule has 40 heavy (non-hydrogen) atoms. The standard InChI is InChI=1S/C30H39ClN6O3/c1-5-23(38)19-40-26-17-21-16-22(6-7-25(21)37(20(2)3)28(26)39)33-27-24(31)18-32-29(34-27)36-14-10-30(11-15-36)8-12-35(4)13-9-30/h6-7,16-18,20H,5,8-15,19H2,1-4H3,(H,32,33,34). The van der Waals surface area contributed by atoms with Crippen molar-refractivity contribution in [2.75, 3.05) is 50.1 Å². The van der Waals surface area contributed by atoms with Gasteiger partial charge in [-0.1, -0.05) is 18.5 Å². The maximum atomic E-state index is 13.1. The molecule has 0 saturated carbocycles. The fourth-order valence-electron chi connectivity index (χ4n) is 5.78. The number of anilines is 3. The van der Waals surface area contributed by atoms with Crippen LogP contribution in [0.15, 0.2) is 35.3 Å². The highest BCUT2D eigenvalue weighted by atomic mass is 35.5. The lowest BCUT2D eigenvalue weighted by atomic mass is 9.71. The Balaban J connectivity index is 1.37. The van der Waals surface area contributed by atoms with Gasteiger partial charge >= 0.3 is 0 Å². The molecule has 0 bridgehead atoms. The first-order chi connectivity index (χ1) is 19.2. The third kappa shape index (κ3) is 5.95. The number of carbonyl (C=O) groups is 1. The molecule has 2 aliphatic heterocycles. The predicted octanol–water partition coefficient (Wildman–Crippen LogP) is 5.44. The number of benzene rings is 1. The summed E-state index contributed by atoms with van der Waals surface area (Å²) in [5.41, 5.74) is 1.75. The Morgan fingerprint density at radius 2 is 1.82 bits per heavy atom. The number of hydrogen-bond acceptors (Lipinski definition) is 8. The van der Waals surface area contributed by atoms with Gasteiger partial charge < -0.3 is 24.4 Å². The Labute approximate surface area is 240 Å². The highest BCUT2D eigenvalue weighted by Crippen LogP contribution is 2.41. The number of rotatable bonds is 8. The number of fused-ring (bicyclic) bond motifs is 1. The Kier molecular flexibility index (Phi) is 8.33. The van der Waals surface area contributed by atoms with Gasteiger partial charge in [0.2, 0.25) is 5.95 Å². The summed E-state index contributed by atoms with van der Waals surface area (Å²) in [7, 11) is 2.21. The smallest absolute Gasteiger partial charge is 0.293 e. The molecule has 4 heterocycles. The lowest BCUT2D eigenvalue weighted by Crippen LogP contribution is -2.46. The molecular weight excluding hydrogens is 528 g/mol. The second-order valence-corrected chi connectivity index (χ2v) is 11.9. The topological polar surface area (TPSA) is 92.6 Å². The number of ketones is 1. The van der Waals surface area contributed by atoms with Crippen molar-refractivity contribution >= 4 is 45.7 Å². The average Bonchev–Trinajstić information content (AvgIpc) is 2.95. The molecule has 1 N–H and O–H groups in total. The van der Waals surface area contributed by atoms with Crippen LogP contribution in [0.3, 0.4) is 0 Å². The molecule has 0 radical (unpaired) electrons. The molecular formula is C30H39ClN6O3. The van der Waals surface area contributed by atoms with E-state index in [-0.39, 0.29) is 29.7 Å². The largest absolute Gasteiger partial charge is 0.480 e. The van der Waals surface area contributed by atoms with E-state index in [0.29, 0.717) is 28.6 Å². The van der Waals surface area contributed by atoms with E-state index >= 15 is 0 Å². The summed E-state index contributed by atoms with van der Waals surface area (Å²) >= 11 is 6.52. The van der Waals surface area contributed by atoms with Crippen molar-refractivity contribution in [3.63, 3.8) is 0 Å². The van der Waals surface area contributed by atoms with E-state index in [1.807, 2.05) is 32.0 Å². The third-order valence-electron chi connectivity index (χ3n) is 8.45. The second kappa shape index (κ2) is 11.7. The summed E-state index contributed by atoms with van der Waals surface area (Å²) in [5.74, 6) is 1.32. The van der Waals surface area contributed by atoms with Crippen LogP contribution in [-0.2, 0) is 4.79 Å². The number of aromatic nitrogens is 3. The zero-order chi connectivity index (χ0) is 28.4. The van der Waals surface area contributed by atoms with Crippen molar-refractivity contribution in [3.8, 4) is 5.75 Å². The molecule has 2 aromatic heterocycles. The van der Waals surface area contributed by atoms with Crippen LogP contribution in [-0.4, -0.2) is 65.1 Å². The Hall–Kier alpha value is -3.17. The van der Waals surface area contributed by atoms with Crippen molar-refractivity contribution in [2.45, 2.75) is 58.9 Å².